The van der Waals surface area contributed by atoms with Gasteiger partial charge in [0.2, 0.25) is 0 Å². The van der Waals surface area contributed by atoms with Crippen LogP contribution in [0, 0.1) is 0 Å². The third-order valence-electron chi connectivity index (χ3n) is 3.81. The Bertz CT molecular complexity index is 1030. The molecule has 0 aliphatic rings. The van der Waals surface area contributed by atoms with Gasteiger partial charge < -0.3 is 10.3 Å². The molecule has 4 aromatic heterocycles. The van der Waals surface area contributed by atoms with Crippen LogP contribution in [-0.2, 0) is 13.1 Å². The van der Waals surface area contributed by atoms with Crippen LogP contribution in [0.25, 0.3) is 16.6 Å². The van der Waals surface area contributed by atoms with E-state index in [1.165, 1.54) is 9.96 Å². The number of hydrogen-bond donors (Lipinski definition) is 2. The minimum atomic E-state index is -0.0643. The number of aromatic nitrogens is 4. The van der Waals surface area contributed by atoms with Crippen molar-refractivity contribution in [2.24, 2.45) is 0 Å². The van der Waals surface area contributed by atoms with Gasteiger partial charge >= 0.3 is 0 Å². The lowest BCUT2D eigenvalue weighted by Gasteiger charge is -2.05. The largest absolute Gasteiger partial charge is 0.360 e. The number of hydrogen-bond acceptors (Lipinski definition) is 4. The van der Waals surface area contributed by atoms with Gasteiger partial charge in [-0.05, 0) is 23.8 Å². The predicted octanol–water partition coefficient (Wildman–Crippen LogP) is 1.86. The zero-order valence-electron chi connectivity index (χ0n) is 12.4. The molecule has 0 fully saturated rings. The van der Waals surface area contributed by atoms with Crippen molar-refractivity contribution in [3.05, 3.63) is 76.7 Å². The second kappa shape index (κ2) is 5.66. The molecule has 0 amide bonds. The highest BCUT2D eigenvalue weighted by Gasteiger charge is 2.04. The number of fused-ring (bicyclic) bond motifs is 2. The molecule has 0 aromatic carbocycles. The molecular formula is C17H15N5O. The second-order valence-corrected chi connectivity index (χ2v) is 5.35. The Morgan fingerprint density at radius 3 is 3.13 bits per heavy atom. The van der Waals surface area contributed by atoms with Crippen molar-refractivity contribution in [1.82, 2.24) is 24.7 Å². The van der Waals surface area contributed by atoms with Crippen LogP contribution in [0.5, 0.6) is 0 Å². The molecule has 4 aromatic rings. The summed E-state index contributed by atoms with van der Waals surface area (Å²) < 4.78 is 1.54. The molecule has 6 heteroatoms. The Kier molecular flexibility index (Phi) is 3.36. The summed E-state index contributed by atoms with van der Waals surface area (Å²) in [6, 6.07) is 9.08. The summed E-state index contributed by atoms with van der Waals surface area (Å²) in [4.78, 5) is 23.8. The highest BCUT2D eigenvalue weighted by atomic mass is 16.1. The number of rotatable bonds is 4. The van der Waals surface area contributed by atoms with Gasteiger partial charge in [0.15, 0.2) is 0 Å². The van der Waals surface area contributed by atoms with E-state index < -0.39 is 0 Å². The molecule has 23 heavy (non-hydrogen) atoms. The van der Waals surface area contributed by atoms with Gasteiger partial charge in [-0.25, -0.2) is 4.98 Å². The maximum absolute atomic E-state index is 12.0. The summed E-state index contributed by atoms with van der Waals surface area (Å²) in [6.45, 7) is 1.23. The minimum Gasteiger partial charge on any atom is -0.360 e. The minimum absolute atomic E-state index is 0.0643. The summed E-state index contributed by atoms with van der Waals surface area (Å²) >= 11 is 0. The number of pyridine rings is 2. The Morgan fingerprint density at radius 1 is 1.22 bits per heavy atom. The SMILES string of the molecule is O=c1cc(CNCc2c[nH]c3cnccc23)nc2ccccn12. The topological polar surface area (TPSA) is 75.1 Å². The van der Waals surface area contributed by atoms with Crippen LogP contribution in [0.15, 0.2) is 59.9 Å². The predicted molar refractivity (Wildman–Crippen MR) is 88.1 cm³/mol. The standard InChI is InChI=1S/C17H15N5O/c23-17-7-13(21-16-3-1-2-6-22(16)17)10-19-8-12-9-20-15-11-18-5-4-14(12)15/h1-7,9,11,19-20H,8,10H2. The molecule has 0 saturated carbocycles. The Hall–Kier alpha value is -2.99. The van der Waals surface area contributed by atoms with Crippen LogP contribution >= 0.6 is 0 Å². The van der Waals surface area contributed by atoms with Crippen LogP contribution in [0.3, 0.4) is 0 Å². The Labute approximate surface area is 131 Å². The quantitative estimate of drug-likeness (QED) is 0.603. The molecule has 0 aliphatic carbocycles. The van der Waals surface area contributed by atoms with Crippen molar-refractivity contribution < 1.29 is 0 Å². The molecule has 6 nitrogen and oxygen atoms in total. The van der Waals surface area contributed by atoms with Gasteiger partial charge in [0.1, 0.15) is 5.65 Å². The first kappa shape index (κ1) is 13.7. The van der Waals surface area contributed by atoms with E-state index in [-0.39, 0.29) is 5.56 Å². The fraction of sp³-hybridized carbons (Fsp3) is 0.118. The fourth-order valence-electron chi connectivity index (χ4n) is 2.70. The van der Waals surface area contributed by atoms with E-state index in [4.69, 9.17) is 0 Å². The highest BCUT2D eigenvalue weighted by Crippen LogP contribution is 2.16. The Balaban J connectivity index is 1.52. The van der Waals surface area contributed by atoms with Crippen molar-refractivity contribution in [2.45, 2.75) is 13.1 Å². The molecule has 114 valence electrons. The second-order valence-electron chi connectivity index (χ2n) is 5.35. The first-order valence-corrected chi connectivity index (χ1v) is 7.39. The molecule has 0 bridgehead atoms. The van der Waals surface area contributed by atoms with E-state index in [0.717, 1.165) is 16.6 Å². The smallest absolute Gasteiger partial charge is 0.258 e. The van der Waals surface area contributed by atoms with Crippen molar-refractivity contribution >= 4 is 16.6 Å². The molecule has 0 spiro atoms. The van der Waals surface area contributed by atoms with Crippen LogP contribution in [-0.4, -0.2) is 19.4 Å². The zero-order chi connectivity index (χ0) is 15.6. The van der Waals surface area contributed by atoms with Gasteiger partial charge in [0.05, 0.1) is 17.4 Å². The summed E-state index contributed by atoms with van der Waals surface area (Å²) in [6.07, 6.45) is 7.29. The maximum atomic E-state index is 12.0. The van der Waals surface area contributed by atoms with Crippen molar-refractivity contribution in [3.63, 3.8) is 0 Å². The normalized spacial score (nSPS) is 11.3. The van der Waals surface area contributed by atoms with E-state index >= 15 is 0 Å². The van der Waals surface area contributed by atoms with E-state index in [1.54, 1.807) is 18.5 Å². The molecule has 0 radical (unpaired) electrons. The number of aromatic amines is 1. The lowest BCUT2D eigenvalue weighted by atomic mass is 10.2. The van der Waals surface area contributed by atoms with Crippen molar-refractivity contribution in [1.29, 1.82) is 0 Å². The van der Waals surface area contributed by atoms with E-state index in [2.05, 4.69) is 20.3 Å². The van der Waals surface area contributed by atoms with E-state index in [0.29, 0.717) is 18.7 Å². The molecule has 2 N–H and O–H groups in total. The van der Waals surface area contributed by atoms with Gasteiger partial charge in [-0.3, -0.25) is 14.2 Å². The molecule has 0 saturated heterocycles. The van der Waals surface area contributed by atoms with E-state index in [1.807, 2.05) is 36.7 Å². The number of H-pyrrole nitrogens is 1. The van der Waals surface area contributed by atoms with Gasteiger partial charge in [-0.15, -0.1) is 0 Å². The van der Waals surface area contributed by atoms with Gasteiger partial charge in [0, 0.05) is 43.1 Å². The van der Waals surface area contributed by atoms with Crippen LogP contribution < -0.4 is 10.9 Å². The lowest BCUT2D eigenvalue weighted by Crippen LogP contribution is -2.19. The molecule has 4 rings (SSSR count). The molecule has 0 atom stereocenters. The van der Waals surface area contributed by atoms with Gasteiger partial charge in [-0.1, -0.05) is 6.07 Å². The summed E-state index contributed by atoms with van der Waals surface area (Å²) in [5, 5.41) is 4.49. The monoisotopic (exact) mass is 305 g/mol. The van der Waals surface area contributed by atoms with Gasteiger partial charge in [0.25, 0.3) is 5.56 Å². The Morgan fingerprint density at radius 2 is 2.17 bits per heavy atom. The summed E-state index contributed by atoms with van der Waals surface area (Å²) in [7, 11) is 0. The first-order valence-electron chi connectivity index (χ1n) is 7.39. The number of nitrogens with one attached hydrogen (secondary N) is 2. The average Bonchev–Trinajstić information content (AvgIpc) is 2.98. The molecular weight excluding hydrogens is 290 g/mol. The van der Waals surface area contributed by atoms with Crippen LogP contribution in [0.1, 0.15) is 11.3 Å². The summed E-state index contributed by atoms with van der Waals surface area (Å²) in [5.74, 6) is 0. The highest BCUT2D eigenvalue weighted by molar-refractivity contribution is 5.82. The molecule has 0 unspecified atom stereocenters. The van der Waals surface area contributed by atoms with Crippen LogP contribution in [0.2, 0.25) is 0 Å². The van der Waals surface area contributed by atoms with Crippen molar-refractivity contribution in [3.8, 4) is 0 Å². The maximum Gasteiger partial charge on any atom is 0.258 e. The molecule has 0 aliphatic heterocycles. The fourth-order valence-corrected chi connectivity index (χ4v) is 2.70. The summed E-state index contributed by atoms with van der Waals surface area (Å²) in [5.41, 5.74) is 3.52. The first-order chi connectivity index (χ1) is 11.3. The van der Waals surface area contributed by atoms with Crippen LogP contribution in [0.4, 0.5) is 0 Å². The van der Waals surface area contributed by atoms with E-state index in [9.17, 15) is 4.79 Å². The van der Waals surface area contributed by atoms with Gasteiger partial charge in [-0.2, -0.15) is 0 Å². The third-order valence-corrected chi connectivity index (χ3v) is 3.81. The average molecular weight is 305 g/mol. The zero-order valence-corrected chi connectivity index (χ0v) is 12.4. The molecule has 4 heterocycles. The lowest BCUT2D eigenvalue weighted by molar-refractivity contribution is 0.681. The van der Waals surface area contributed by atoms with Crippen molar-refractivity contribution in [2.75, 3.05) is 0 Å². The number of nitrogens with zero attached hydrogens (tertiary/aromatic N) is 3. The third kappa shape index (κ3) is 2.60.